The van der Waals surface area contributed by atoms with Gasteiger partial charge in [-0.3, -0.25) is 4.79 Å². The minimum Gasteiger partial charge on any atom is -0.508 e. The zero-order chi connectivity index (χ0) is 14.5. The second-order valence-corrected chi connectivity index (χ2v) is 5.38. The summed E-state index contributed by atoms with van der Waals surface area (Å²) in [7, 11) is 0. The summed E-state index contributed by atoms with van der Waals surface area (Å²) in [6, 6.07) is 12.4. The maximum Gasteiger partial charge on any atom is 0.224 e. The van der Waals surface area contributed by atoms with Crippen LogP contribution in [-0.4, -0.2) is 11.0 Å². The SMILES string of the molecule is Nc1ccc(O)c(CNC(=O)Cc2ccc(Br)cc2)c1. The van der Waals surface area contributed by atoms with E-state index in [2.05, 4.69) is 21.2 Å². The third-order valence-corrected chi connectivity index (χ3v) is 3.39. The van der Waals surface area contributed by atoms with Crippen LogP contribution in [0, 0.1) is 0 Å². The van der Waals surface area contributed by atoms with Crippen molar-refractivity contribution in [2.45, 2.75) is 13.0 Å². The fourth-order valence-electron chi connectivity index (χ4n) is 1.79. The van der Waals surface area contributed by atoms with Gasteiger partial charge in [-0.1, -0.05) is 28.1 Å². The number of carbonyl (C=O) groups excluding carboxylic acids is 1. The highest BCUT2D eigenvalue weighted by molar-refractivity contribution is 9.10. The van der Waals surface area contributed by atoms with Crippen LogP contribution in [-0.2, 0) is 17.8 Å². The molecule has 0 heterocycles. The summed E-state index contributed by atoms with van der Waals surface area (Å²) in [6.45, 7) is 0.256. The maximum atomic E-state index is 11.8. The van der Waals surface area contributed by atoms with Gasteiger partial charge < -0.3 is 16.2 Å². The van der Waals surface area contributed by atoms with E-state index in [1.165, 1.54) is 6.07 Å². The van der Waals surface area contributed by atoms with Crippen molar-refractivity contribution in [3.05, 3.63) is 58.1 Å². The van der Waals surface area contributed by atoms with Gasteiger partial charge in [0.1, 0.15) is 5.75 Å². The number of halogens is 1. The number of nitrogens with two attached hydrogens (primary N) is 1. The van der Waals surface area contributed by atoms with Crippen molar-refractivity contribution in [2.75, 3.05) is 5.73 Å². The zero-order valence-corrected chi connectivity index (χ0v) is 12.4. The molecule has 0 aliphatic carbocycles. The third-order valence-electron chi connectivity index (χ3n) is 2.86. The third kappa shape index (κ3) is 3.99. The second kappa shape index (κ2) is 6.43. The van der Waals surface area contributed by atoms with Crippen LogP contribution < -0.4 is 11.1 Å². The van der Waals surface area contributed by atoms with Crippen LogP contribution in [0.1, 0.15) is 11.1 Å². The summed E-state index contributed by atoms with van der Waals surface area (Å²) in [6.07, 6.45) is 0.302. The Bertz CT molecular complexity index is 612. The molecule has 20 heavy (non-hydrogen) atoms. The first-order valence-electron chi connectivity index (χ1n) is 6.13. The molecule has 2 rings (SSSR count). The fraction of sp³-hybridized carbons (Fsp3) is 0.133. The largest absolute Gasteiger partial charge is 0.508 e. The summed E-state index contributed by atoms with van der Waals surface area (Å²) in [5.41, 5.74) is 7.74. The molecule has 0 radical (unpaired) electrons. The van der Waals surface area contributed by atoms with Crippen LogP contribution in [0.2, 0.25) is 0 Å². The van der Waals surface area contributed by atoms with Crippen molar-refractivity contribution >= 4 is 27.5 Å². The van der Waals surface area contributed by atoms with Gasteiger partial charge in [0.05, 0.1) is 6.42 Å². The average molecular weight is 335 g/mol. The van der Waals surface area contributed by atoms with Crippen molar-refractivity contribution in [3.8, 4) is 5.75 Å². The van der Waals surface area contributed by atoms with Crippen LogP contribution >= 0.6 is 15.9 Å². The molecule has 4 N–H and O–H groups in total. The molecule has 0 atom stereocenters. The lowest BCUT2D eigenvalue weighted by Gasteiger charge is -2.08. The van der Waals surface area contributed by atoms with Crippen molar-refractivity contribution in [3.63, 3.8) is 0 Å². The average Bonchev–Trinajstić information content (AvgIpc) is 2.42. The molecule has 0 unspecified atom stereocenters. The van der Waals surface area contributed by atoms with Crippen LogP contribution in [0.15, 0.2) is 46.9 Å². The summed E-state index contributed by atoms with van der Waals surface area (Å²) >= 11 is 3.35. The molecule has 0 aliphatic heterocycles. The molecule has 2 aromatic carbocycles. The first-order valence-corrected chi connectivity index (χ1v) is 6.92. The van der Waals surface area contributed by atoms with E-state index in [1.54, 1.807) is 12.1 Å². The monoisotopic (exact) mass is 334 g/mol. The van der Waals surface area contributed by atoms with Crippen LogP contribution in [0.25, 0.3) is 0 Å². The molecule has 0 saturated heterocycles. The number of nitrogens with one attached hydrogen (secondary N) is 1. The fourth-order valence-corrected chi connectivity index (χ4v) is 2.06. The van der Waals surface area contributed by atoms with Gasteiger partial charge in [0, 0.05) is 22.3 Å². The Labute approximate surface area is 125 Å². The summed E-state index contributed by atoms with van der Waals surface area (Å²) in [5, 5.41) is 12.4. The molecule has 0 aliphatic rings. The number of carbonyl (C=O) groups is 1. The van der Waals surface area contributed by atoms with Gasteiger partial charge in [-0.15, -0.1) is 0 Å². The van der Waals surface area contributed by atoms with Gasteiger partial charge in [-0.05, 0) is 35.9 Å². The van der Waals surface area contributed by atoms with Crippen LogP contribution in [0.4, 0.5) is 5.69 Å². The van der Waals surface area contributed by atoms with Crippen LogP contribution in [0.3, 0.4) is 0 Å². The number of rotatable bonds is 4. The first-order chi connectivity index (χ1) is 9.54. The number of nitrogen functional groups attached to an aromatic ring is 1. The van der Waals surface area contributed by atoms with Gasteiger partial charge in [0.2, 0.25) is 5.91 Å². The molecule has 0 spiro atoms. The molecule has 104 valence electrons. The highest BCUT2D eigenvalue weighted by Crippen LogP contribution is 2.19. The highest BCUT2D eigenvalue weighted by Gasteiger charge is 2.06. The Balaban J connectivity index is 1.92. The van der Waals surface area contributed by atoms with E-state index in [-0.39, 0.29) is 18.2 Å². The summed E-state index contributed by atoms with van der Waals surface area (Å²) < 4.78 is 0.978. The Hall–Kier alpha value is -2.01. The van der Waals surface area contributed by atoms with E-state index >= 15 is 0 Å². The van der Waals surface area contributed by atoms with Gasteiger partial charge >= 0.3 is 0 Å². The molecular weight excluding hydrogens is 320 g/mol. The smallest absolute Gasteiger partial charge is 0.224 e. The standard InChI is InChI=1S/C15H15BrN2O2/c16-12-3-1-10(2-4-12)7-15(20)18-9-11-8-13(17)5-6-14(11)19/h1-6,8,19H,7,9,17H2,(H,18,20). The molecule has 0 bridgehead atoms. The number of phenolic OH excluding ortho intramolecular Hbond substituents is 1. The van der Waals surface area contributed by atoms with Gasteiger partial charge in [0.15, 0.2) is 0 Å². The van der Waals surface area contributed by atoms with Crippen molar-refractivity contribution in [1.82, 2.24) is 5.32 Å². The number of phenols is 1. The molecule has 4 nitrogen and oxygen atoms in total. The predicted molar refractivity (Wildman–Crippen MR) is 82.2 cm³/mol. The summed E-state index contributed by atoms with van der Waals surface area (Å²) in [5.74, 6) is 0.0253. The Morgan fingerprint density at radius 2 is 1.90 bits per heavy atom. The lowest BCUT2D eigenvalue weighted by atomic mass is 10.1. The van der Waals surface area contributed by atoms with Crippen LogP contribution in [0.5, 0.6) is 5.75 Å². The van der Waals surface area contributed by atoms with E-state index in [0.717, 1.165) is 10.0 Å². The van der Waals surface area contributed by atoms with E-state index in [0.29, 0.717) is 17.7 Å². The molecule has 0 aromatic heterocycles. The molecule has 0 saturated carbocycles. The minimum atomic E-state index is -0.103. The number of benzene rings is 2. The zero-order valence-electron chi connectivity index (χ0n) is 10.8. The topological polar surface area (TPSA) is 75.3 Å². The lowest BCUT2D eigenvalue weighted by Crippen LogP contribution is -2.24. The Kier molecular flexibility index (Phi) is 4.63. The Morgan fingerprint density at radius 3 is 2.60 bits per heavy atom. The predicted octanol–water partition coefficient (Wildman–Crippen LogP) is 2.60. The normalized spacial score (nSPS) is 10.2. The molecule has 5 heteroatoms. The number of hydrogen-bond donors (Lipinski definition) is 3. The lowest BCUT2D eigenvalue weighted by molar-refractivity contribution is -0.120. The number of anilines is 1. The van der Waals surface area contributed by atoms with Crippen molar-refractivity contribution in [1.29, 1.82) is 0 Å². The molecule has 1 amide bonds. The van der Waals surface area contributed by atoms with Gasteiger partial charge in [-0.2, -0.15) is 0 Å². The minimum absolute atomic E-state index is 0.103. The van der Waals surface area contributed by atoms with Crippen molar-refractivity contribution in [2.24, 2.45) is 0 Å². The van der Waals surface area contributed by atoms with E-state index < -0.39 is 0 Å². The molecular formula is C15H15BrN2O2. The number of hydrogen-bond acceptors (Lipinski definition) is 3. The number of aromatic hydroxyl groups is 1. The highest BCUT2D eigenvalue weighted by atomic mass is 79.9. The number of amides is 1. The van der Waals surface area contributed by atoms with E-state index in [1.807, 2.05) is 24.3 Å². The molecule has 0 fully saturated rings. The first kappa shape index (κ1) is 14.4. The van der Waals surface area contributed by atoms with Gasteiger partial charge in [0.25, 0.3) is 0 Å². The maximum absolute atomic E-state index is 11.8. The quantitative estimate of drug-likeness (QED) is 0.594. The summed E-state index contributed by atoms with van der Waals surface area (Å²) in [4.78, 5) is 11.8. The Morgan fingerprint density at radius 1 is 1.20 bits per heavy atom. The van der Waals surface area contributed by atoms with Crippen molar-refractivity contribution < 1.29 is 9.90 Å². The molecule has 2 aromatic rings. The second-order valence-electron chi connectivity index (χ2n) is 4.47. The van der Waals surface area contributed by atoms with Gasteiger partial charge in [-0.25, -0.2) is 0 Å². The van der Waals surface area contributed by atoms with E-state index in [9.17, 15) is 9.90 Å². The van der Waals surface area contributed by atoms with E-state index in [4.69, 9.17) is 5.73 Å².